The zero-order chi connectivity index (χ0) is 19.4. The maximum Gasteiger partial charge on any atom is 0.143 e. The summed E-state index contributed by atoms with van der Waals surface area (Å²) >= 11 is 12.5. The molecule has 0 aliphatic heterocycles. The number of halogens is 3. The highest BCUT2D eigenvalue weighted by molar-refractivity contribution is 6.35. The van der Waals surface area contributed by atoms with Crippen molar-refractivity contribution in [2.75, 3.05) is 5.32 Å². The second-order valence-corrected chi connectivity index (χ2v) is 7.31. The first-order valence-corrected chi connectivity index (χ1v) is 9.34. The summed E-state index contributed by atoms with van der Waals surface area (Å²) in [5.74, 6) is 0.296. The third kappa shape index (κ3) is 5.15. The lowest BCUT2D eigenvalue weighted by molar-refractivity contribution is 0.303. The molecule has 0 aromatic heterocycles. The predicted molar refractivity (Wildman–Crippen MR) is 110 cm³/mol. The number of aryl methyl sites for hydroxylation is 2. The van der Waals surface area contributed by atoms with Gasteiger partial charge in [0.05, 0.1) is 5.02 Å². The molecule has 27 heavy (non-hydrogen) atoms. The first-order chi connectivity index (χ1) is 12.9. The van der Waals surface area contributed by atoms with Gasteiger partial charge in [0.15, 0.2) is 0 Å². The van der Waals surface area contributed by atoms with Gasteiger partial charge in [-0.05, 0) is 55.3 Å². The third-order valence-electron chi connectivity index (χ3n) is 4.23. The smallest absolute Gasteiger partial charge is 0.143 e. The van der Waals surface area contributed by atoms with Gasteiger partial charge in [-0.2, -0.15) is 0 Å². The predicted octanol–water partition coefficient (Wildman–Crippen LogP) is 6.94. The van der Waals surface area contributed by atoms with Gasteiger partial charge in [-0.3, -0.25) is 0 Å². The van der Waals surface area contributed by atoms with Crippen LogP contribution in [-0.4, -0.2) is 0 Å². The highest BCUT2D eigenvalue weighted by Crippen LogP contribution is 2.34. The number of hydrogen-bond donors (Lipinski definition) is 1. The largest absolute Gasteiger partial charge is 0.487 e. The Morgan fingerprint density at radius 1 is 0.963 bits per heavy atom. The molecule has 140 valence electrons. The van der Waals surface area contributed by atoms with Gasteiger partial charge in [0, 0.05) is 22.8 Å². The first-order valence-electron chi connectivity index (χ1n) is 8.58. The van der Waals surface area contributed by atoms with Crippen molar-refractivity contribution in [2.24, 2.45) is 0 Å². The van der Waals surface area contributed by atoms with Crippen molar-refractivity contribution in [3.8, 4) is 5.75 Å². The summed E-state index contributed by atoms with van der Waals surface area (Å²) in [5.41, 5.74) is 5.13. The first kappa shape index (κ1) is 19.5. The molecule has 3 aromatic carbocycles. The molecule has 0 bridgehead atoms. The van der Waals surface area contributed by atoms with E-state index >= 15 is 0 Å². The number of rotatable bonds is 6. The van der Waals surface area contributed by atoms with E-state index in [0.717, 1.165) is 22.4 Å². The standard InChI is InChI=1S/C22H20Cl2FNO/c1-14-3-8-21(15(2)9-14)26-12-17-10-18(23)11-20(24)22(17)27-13-16-4-6-19(25)7-5-16/h3-11,26H,12-13H2,1-2H3. The van der Waals surface area contributed by atoms with Gasteiger partial charge in [0.25, 0.3) is 0 Å². The van der Waals surface area contributed by atoms with E-state index < -0.39 is 0 Å². The van der Waals surface area contributed by atoms with Crippen LogP contribution in [-0.2, 0) is 13.2 Å². The van der Waals surface area contributed by atoms with Crippen LogP contribution in [0.25, 0.3) is 0 Å². The van der Waals surface area contributed by atoms with Crippen LogP contribution in [0.2, 0.25) is 10.0 Å². The monoisotopic (exact) mass is 403 g/mol. The van der Waals surface area contributed by atoms with E-state index in [9.17, 15) is 4.39 Å². The number of nitrogens with one attached hydrogen (secondary N) is 1. The Labute approximate surface area is 168 Å². The molecular formula is C22H20Cl2FNO. The van der Waals surface area contributed by atoms with Crippen LogP contribution in [0, 0.1) is 19.7 Å². The van der Waals surface area contributed by atoms with Crippen molar-refractivity contribution < 1.29 is 9.13 Å². The lowest BCUT2D eigenvalue weighted by Gasteiger charge is -2.16. The summed E-state index contributed by atoms with van der Waals surface area (Å²) in [6.45, 7) is 4.93. The van der Waals surface area contributed by atoms with Gasteiger partial charge in [0.2, 0.25) is 0 Å². The van der Waals surface area contributed by atoms with Crippen LogP contribution >= 0.6 is 23.2 Å². The SMILES string of the molecule is Cc1ccc(NCc2cc(Cl)cc(Cl)c2OCc2ccc(F)cc2)c(C)c1. The molecule has 0 unspecified atom stereocenters. The number of hydrogen-bond acceptors (Lipinski definition) is 2. The maximum atomic E-state index is 13.1. The Balaban J connectivity index is 1.78. The van der Waals surface area contributed by atoms with Crippen LogP contribution in [0.1, 0.15) is 22.3 Å². The third-order valence-corrected chi connectivity index (χ3v) is 4.73. The molecule has 0 atom stereocenters. The minimum atomic E-state index is -0.276. The summed E-state index contributed by atoms with van der Waals surface area (Å²) in [6.07, 6.45) is 0. The molecule has 0 heterocycles. The number of anilines is 1. The quantitative estimate of drug-likeness (QED) is 0.481. The fraction of sp³-hybridized carbons (Fsp3) is 0.182. The van der Waals surface area contributed by atoms with E-state index in [1.807, 2.05) is 6.07 Å². The average Bonchev–Trinajstić information content (AvgIpc) is 2.61. The number of ether oxygens (including phenoxy) is 1. The topological polar surface area (TPSA) is 21.3 Å². The molecule has 0 radical (unpaired) electrons. The van der Waals surface area contributed by atoms with Crippen LogP contribution in [0.5, 0.6) is 5.75 Å². The van der Waals surface area contributed by atoms with Crippen molar-refractivity contribution in [3.63, 3.8) is 0 Å². The van der Waals surface area contributed by atoms with Gasteiger partial charge in [-0.15, -0.1) is 0 Å². The molecule has 0 saturated carbocycles. The van der Waals surface area contributed by atoms with Gasteiger partial charge in [-0.1, -0.05) is 53.0 Å². The highest BCUT2D eigenvalue weighted by Gasteiger charge is 2.12. The van der Waals surface area contributed by atoms with Crippen molar-refractivity contribution >= 4 is 28.9 Å². The molecule has 2 nitrogen and oxygen atoms in total. The molecule has 0 amide bonds. The molecule has 0 saturated heterocycles. The summed E-state index contributed by atoms with van der Waals surface area (Å²) in [7, 11) is 0. The van der Waals surface area contributed by atoms with Gasteiger partial charge < -0.3 is 10.1 Å². The molecule has 3 rings (SSSR count). The summed E-state index contributed by atoms with van der Waals surface area (Å²) in [6, 6.07) is 15.9. The van der Waals surface area contributed by atoms with Crippen LogP contribution in [0.3, 0.4) is 0 Å². The van der Waals surface area contributed by atoms with Gasteiger partial charge >= 0.3 is 0 Å². The Morgan fingerprint density at radius 2 is 1.70 bits per heavy atom. The zero-order valence-corrected chi connectivity index (χ0v) is 16.7. The van der Waals surface area contributed by atoms with Crippen molar-refractivity contribution in [2.45, 2.75) is 27.0 Å². The molecule has 0 spiro atoms. The molecule has 5 heteroatoms. The molecule has 0 aliphatic rings. The zero-order valence-electron chi connectivity index (χ0n) is 15.2. The number of benzene rings is 3. The summed E-state index contributed by atoms with van der Waals surface area (Å²) in [5, 5.41) is 4.40. The van der Waals surface area contributed by atoms with Crippen LogP contribution in [0.15, 0.2) is 54.6 Å². The molecule has 0 fully saturated rings. The van der Waals surface area contributed by atoms with E-state index in [1.54, 1.807) is 18.2 Å². The second-order valence-electron chi connectivity index (χ2n) is 6.46. The Morgan fingerprint density at radius 3 is 2.41 bits per heavy atom. The van der Waals surface area contributed by atoms with Crippen molar-refractivity contribution in [3.05, 3.63) is 92.7 Å². The van der Waals surface area contributed by atoms with Crippen LogP contribution < -0.4 is 10.1 Å². The molecule has 0 aliphatic carbocycles. The minimum absolute atomic E-state index is 0.276. The van der Waals surface area contributed by atoms with Crippen molar-refractivity contribution in [1.29, 1.82) is 0 Å². The average molecular weight is 404 g/mol. The molecule has 3 aromatic rings. The minimum Gasteiger partial charge on any atom is -0.487 e. The van der Waals surface area contributed by atoms with E-state index in [1.165, 1.54) is 17.7 Å². The second kappa shape index (κ2) is 8.64. The summed E-state index contributed by atoms with van der Waals surface area (Å²) in [4.78, 5) is 0. The molecular weight excluding hydrogens is 384 g/mol. The lowest BCUT2D eigenvalue weighted by atomic mass is 10.1. The normalized spacial score (nSPS) is 10.7. The Hall–Kier alpha value is -2.23. The van der Waals surface area contributed by atoms with E-state index in [-0.39, 0.29) is 12.4 Å². The summed E-state index contributed by atoms with van der Waals surface area (Å²) < 4.78 is 19.0. The fourth-order valence-electron chi connectivity index (χ4n) is 2.85. The van der Waals surface area contributed by atoms with Gasteiger partial charge in [-0.25, -0.2) is 4.39 Å². The van der Waals surface area contributed by atoms with E-state index in [2.05, 4.69) is 37.4 Å². The van der Waals surface area contributed by atoms with Gasteiger partial charge in [0.1, 0.15) is 18.2 Å². The highest BCUT2D eigenvalue weighted by atomic mass is 35.5. The van der Waals surface area contributed by atoms with Crippen LogP contribution in [0.4, 0.5) is 10.1 Å². The maximum absolute atomic E-state index is 13.1. The Bertz CT molecular complexity index is 942. The Kier molecular flexibility index (Phi) is 6.25. The lowest BCUT2D eigenvalue weighted by Crippen LogP contribution is -2.05. The fourth-order valence-corrected chi connectivity index (χ4v) is 3.44. The van der Waals surface area contributed by atoms with E-state index in [4.69, 9.17) is 27.9 Å². The van der Waals surface area contributed by atoms with Crippen molar-refractivity contribution in [1.82, 2.24) is 0 Å². The van der Waals surface area contributed by atoms with E-state index in [0.29, 0.717) is 22.3 Å². The molecule has 1 N–H and O–H groups in total.